The molecule has 0 aliphatic rings. The fourth-order valence-corrected chi connectivity index (χ4v) is 5.99. The minimum atomic E-state index is -5.42. The quantitative estimate of drug-likeness (QED) is 0.139. The van der Waals surface area contributed by atoms with Crippen molar-refractivity contribution in [2.75, 3.05) is 0 Å². The molecule has 0 spiro atoms. The van der Waals surface area contributed by atoms with Crippen LogP contribution < -0.4 is 0 Å². The highest BCUT2D eigenvalue weighted by Gasteiger charge is 2.37. The Labute approximate surface area is 225 Å². The topological polar surface area (TPSA) is 57.2 Å². The molecule has 11 heteroatoms. The first-order valence-electron chi connectivity index (χ1n) is 11.2. The number of rotatable bonds is 4. The van der Waals surface area contributed by atoms with Crippen molar-refractivity contribution in [1.82, 2.24) is 0 Å². The summed E-state index contributed by atoms with van der Waals surface area (Å²) in [7, 11) is -5.45. The molecule has 206 valence electrons. The summed E-state index contributed by atoms with van der Waals surface area (Å²) in [6.07, 6.45) is -10.4. The number of hydrogen-bond acceptors (Lipinski definition) is 3. The summed E-state index contributed by atoms with van der Waals surface area (Å²) in [5.41, 5.74) is -1.10. The number of hydrogen-bond donors (Lipinski definition) is 0. The molecule has 0 bridgehead atoms. The SMILES string of the molecule is Cc1ccc([S+](c2ccccc2)c2ccc(C)cc2)cc1.O=S(=O)([O-])c1cc(C(F)(F)F)cc(C(F)(F)F)c1. The van der Waals surface area contributed by atoms with Crippen molar-refractivity contribution in [2.45, 2.75) is 45.8 Å². The van der Waals surface area contributed by atoms with Crippen LogP contribution in [0.25, 0.3) is 0 Å². The lowest BCUT2D eigenvalue weighted by Crippen LogP contribution is -2.13. The molecule has 0 amide bonds. The van der Waals surface area contributed by atoms with Crippen molar-refractivity contribution in [2.24, 2.45) is 0 Å². The fraction of sp³-hybridized carbons (Fsp3) is 0.143. The highest BCUT2D eigenvalue weighted by molar-refractivity contribution is 7.97. The normalized spacial score (nSPS) is 12.2. The molecule has 0 atom stereocenters. The van der Waals surface area contributed by atoms with Crippen molar-refractivity contribution in [1.29, 1.82) is 0 Å². The Morgan fingerprint density at radius 1 is 0.590 bits per heavy atom. The van der Waals surface area contributed by atoms with Gasteiger partial charge in [0.15, 0.2) is 14.7 Å². The van der Waals surface area contributed by atoms with Crippen molar-refractivity contribution in [3.8, 4) is 0 Å². The molecule has 4 rings (SSSR count). The summed E-state index contributed by atoms with van der Waals surface area (Å²) < 4.78 is 105. The molecule has 4 aromatic rings. The second-order valence-corrected chi connectivity index (χ2v) is 11.8. The molecule has 0 aromatic heterocycles. The van der Waals surface area contributed by atoms with Crippen LogP contribution in [0.5, 0.6) is 0 Å². The lowest BCUT2D eigenvalue weighted by atomic mass is 10.1. The van der Waals surface area contributed by atoms with E-state index in [9.17, 15) is 39.3 Å². The first-order valence-corrected chi connectivity index (χ1v) is 13.9. The second-order valence-electron chi connectivity index (χ2n) is 8.44. The maximum atomic E-state index is 12.3. The molecular formula is C28H22F6O3S2. The number of halogens is 6. The molecule has 0 aliphatic heterocycles. The van der Waals surface area contributed by atoms with Crippen LogP contribution in [0.1, 0.15) is 22.3 Å². The molecular weight excluding hydrogens is 562 g/mol. The minimum Gasteiger partial charge on any atom is -0.744 e. The number of aryl methyl sites for hydroxylation is 2. The van der Waals surface area contributed by atoms with E-state index in [-0.39, 0.29) is 29.1 Å². The molecule has 39 heavy (non-hydrogen) atoms. The second kappa shape index (κ2) is 11.8. The Balaban J connectivity index is 0.000000219. The van der Waals surface area contributed by atoms with Gasteiger partial charge in [0, 0.05) is 0 Å². The van der Waals surface area contributed by atoms with E-state index in [0.717, 1.165) is 0 Å². The largest absolute Gasteiger partial charge is 0.744 e. The van der Waals surface area contributed by atoms with E-state index in [1.54, 1.807) is 0 Å². The van der Waals surface area contributed by atoms with Gasteiger partial charge in [-0.2, -0.15) is 26.3 Å². The van der Waals surface area contributed by atoms with Gasteiger partial charge in [0.05, 0.1) is 26.9 Å². The Morgan fingerprint density at radius 2 is 0.949 bits per heavy atom. The lowest BCUT2D eigenvalue weighted by molar-refractivity contribution is -0.143. The zero-order valence-electron chi connectivity index (χ0n) is 20.5. The summed E-state index contributed by atoms with van der Waals surface area (Å²) in [5, 5.41) is 0. The standard InChI is InChI=1S/C20H19S.C8H4F6O3S/c1-16-8-12-19(13-9-16)21(18-6-4-3-5-7-18)20-14-10-17(2)11-15-20;9-7(10,11)4-1-5(8(12,13)14)3-6(2-4)18(15,16)17/h3-15H,1-2H3;1-3H,(H,15,16,17)/q+1;/p-1. The van der Waals surface area contributed by atoms with Gasteiger partial charge >= 0.3 is 12.4 Å². The van der Waals surface area contributed by atoms with Crippen molar-refractivity contribution < 1.29 is 39.3 Å². The summed E-state index contributed by atoms with van der Waals surface area (Å²) in [6, 6.07) is 28.0. The van der Waals surface area contributed by atoms with Gasteiger partial charge in [-0.25, -0.2) is 8.42 Å². The van der Waals surface area contributed by atoms with Crippen molar-refractivity contribution >= 4 is 21.0 Å². The van der Waals surface area contributed by atoms with Gasteiger partial charge in [-0.15, -0.1) is 0 Å². The van der Waals surface area contributed by atoms with Crippen LogP contribution in [0.3, 0.4) is 0 Å². The van der Waals surface area contributed by atoms with Gasteiger partial charge in [0.25, 0.3) is 0 Å². The van der Waals surface area contributed by atoms with E-state index >= 15 is 0 Å². The third kappa shape index (κ3) is 8.35. The third-order valence-electron chi connectivity index (χ3n) is 5.34. The van der Waals surface area contributed by atoms with Crippen molar-refractivity contribution in [3.63, 3.8) is 0 Å². The van der Waals surface area contributed by atoms with Gasteiger partial charge in [0.2, 0.25) is 0 Å². The molecule has 0 radical (unpaired) electrons. The molecule has 0 unspecified atom stereocenters. The highest BCUT2D eigenvalue weighted by Crippen LogP contribution is 2.37. The predicted molar refractivity (Wildman–Crippen MR) is 135 cm³/mol. The summed E-state index contributed by atoms with van der Waals surface area (Å²) >= 11 is 0. The van der Waals surface area contributed by atoms with E-state index in [0.29, 0.717) is 0 Å². The van der Waals surface area contributed by atoms with E-state index < -0.39 is 38.5 Å². The Kier molecular flexibility index (Phi) is 9.20. The Bertz CT molecular complexity index is 1420. The fourth-order valence-electron chi connectivity index (χ4n) is 3.38. The summed E-state index contributed by atoms with van der Waals surface area (Å²) in [4.78, 5) is 2.53. The Morgan fingerprint density at radius 3 is 1.28 bits per heavy atom. The van der Waals surface area contributed by atoms with E-state index in [1.165, 1.54) is 25.8 Å². The van der Waals surface area contributed by atoms with Crippen LogP contribution in [0, 0.1) is 13.8 Å². The van der Waals surface area contributed by atoms with Gasteiger partial charge in [-0.05, 0) is 68.4 Å². The smallest absolute Gasteiger partial charge is 0.416 e. The average molecular weight is 585 g/mol. The van der Waals surface area contributed by atoms with Gasteiger partial charge in [-0.3, -0.25) is 0 Å². The first kappa shape index (κ1) is 30.3. The third-order valence-corrected chi connectivity index (χ3v) is 8.39. The molecule has 0 aliphatic carbocycles. The van der Waals surface area contributed by atoms with Crippen LogP contribution in [0.15, 0.2) is 117 Å². The Hall–Kier alpha value is -3.28. The molecule has 0 saturated heterocycles. The van der Waals surface area contributed by atoms with Crippen LogP contribution in [0.2, 0.25) is 0 Å². The van der Waals surface area contributed by atoms with Crippen LogP contribution in [-0.4, -0.2) is 13.0 Å². The van der Waals surface area contributed by atoms with Crippen LogP contribution in [0.4, 0.5) is 26.3 Å². The van der Waals surface area contributed by atoms with Gasteiger partial charge in [-0.1, -0.05) is 53.6 Å². The van der Waals surface area contributed by atoms with E-state index in [1.807, 2.05) is 0 Å². The molecule has 3 nitrogen and oxygen atoms in total. The maximum absolute atomic E-state index is 12.3. The summed E-state index contributed by atoms with van der Waals surface area (Å²) in [6.45, 7) is 4.27. The lowest BCUT2D eigenvalue weighted by Gasteiger charge is -2.15. The molecule has 0 fully saturated rings. The van der Waals surface area contributed by atoms with Gasteiger partial charge in [0.1, 0.15) is 10.1 Å². The van der Waals surface area contributed by atoms with Crippen LogP contribution in [-0.2, 0) is 33.4 Å². The first-order chi connectivity index (χ1) is 18.1. The van der Waals surface area contributed by atoms with Gasteiger partial charge < -0.3 is 4.55 Å². The molecule has 4 aromatic carbocycles. The predicted octanol–water partition coefficient (Wildman–Crippen LogP) is 8.03. The van der Waals surface area contributed by atoms with E-state index in [2.05, 4.69) is 92.7 Å². The van der Waals surface area contributed by atoms with Crippen LogP contribution >= 0.6 is 0 Å². The average Bonchev–Trinajstić information content (AvgIpc) is 2.86. The minimum absolute atomic E-state index is 0.0312. The van der Waals surface area contributed by atoms with E-state index in [4.69, 9.17) is 0 Å². The zero-order chi connectivity index (χ0) is 29.0. The maximum Gasteiger partial charge on any atom is 0.416 e. The molecule has 0 saturated carbocycles. The number of alkyl halides is 6. The molecule has 0 heterocycles. The molecule has 0 N–H and O–H groups in total. The number of benzene rings is 4. The highest BCUT2D eigenvalue weighted by atomic mass is 32.2. The monoisotopic (exact) mass is 584 g/mol. The summed E-state index contributed by atoms with van der Waals surface area (Å²) in [5.74, 6) is 0. The zero-order valence-corrected chi connectivity index (χ0v) is 22.2. The van der Waals surface area contributed by atoms with Crippen molar-refractivity contribution in [3.05, 3.63) is 119 Å².